The van der Waals surface area contributed by atoms with Crippen molar-refractivity contribution in [1.82, 2.24) is 9.38 Å². The summed E-state index contributed by atoms with van der Waals surface area (Å²) in [6, 6.07) is 12.0. The lowest BCUT2D eigenvalue weighted by Gasteiger charge is -2.14. The number of carbonyl (C=O) groups excluding carboxylic acids is 1. The Morgan fingerprint density at radius 3 is 2.48 bits per heavy atom. The molecule has 0 spiro atoms. The molecule has 170 valence electrons. The molecule has 9 heteroatoms. The topological polar surface area (TPSA) is 64.9 Å². The number of methoxy groups -OCH3 is 2. The van der Waals surface area contributed by atoms with Gasteiger partial charge in [0.25, 0.3) is 0 Å². The number of nitrogens with one attached hydrogen (secondary N) is 1. The fourth-order valence-corrected chi connectivity index (χ4v) is 3.62. The van der Waals surface area contributed by atoms with Crippen LogP contribution in [0.4, 0.5) is 18.9 Å². The Hall–Kier alpha value is -4.01. The third-order valence-electron chi connectivity index (χ3n) is 5.12. The highest BCUT2D eigenvalue weighted by molar-refractivity contribution is 5.94. The molecule has 0 saturated carbocycles. The maximum Gasteiger partial charge on any atom is 0.416 e. The number of alkyl halides is 3. The molecular weight excluding hydrogens is 435 g/mol. The second-order valence-corrected chi connectivity index (χ2v) is 7.31. The summed E-state index contributed by atoms with van der Waals surface area (Å²) in [5.41, 5.74) is 2.20. The standard InChI is InChI=1S/C24H20F3N3O3/c1-14(31)29-20-10-16(19-8-7-18(32-2)11-22(19)33-3)13-30-21(12-28-23(20)30)15-5-4-6-17(9-15)24(25,26)27/h4-13H,1-3H3,(H,29,31). The van der Waals surface area contributed by atoms with Crippen molar-refractivity contribution in [2.24, 2.45) is 0 Å². The molecule has 0 aliphatic carbocycles. The van der Waals surface area contributed by atoms with E-state index in [1.165, 1.54) is 26.3 Å². The zero-order chi connectivity index (χ0) is 23.8. The Balaban J connectivity index is 1.95. The third kappa shape index (κ3) is 4.34. The molecule has 6 nitrogen and oxygen atoms in total. The molecule has 0 bridgehead atoms. The van der Waals surface area contributed by atoms with Crippen molar-refractivity contribution in [3.63, 3.8) is 0 Å². The van der Waals surface area contributed by atoms with E-state index in [1.54, 1.807) is 48.0 Å². The summed E-state index contributed by atoms with van der Waals surface area (Å²) in [7, 11) is 3.07. The molecule has 33 heavy (non-hydrogen) atoms. The molecule has 2 aromatic heterocycles. The molecule has 0 aliphatic heterocycles. The number of pyridine rings is 1. The first-order chi connectivity index (χ1) is 15.7. The highest BCUT2D eigenvalue weighted by atomic mass is 19.4. The van der Waals surface area contributed by atoms with Crippen LogP contribution < -0.4 is 14.8 Å². The number of hydrogen-bond donors (Lipinski definition) is 1. The van der Waals surface area contributed by atoms with E-state index in [9.17, 15) is 18.0 Å². The van der Waals surface area contributed by atoms with E-state index in [2.05, 4.69) is 10.3 Å². The number of carbonyl (C=O) groups is 1. The highest BCUT2D eigenvalue weighted by Gasteiger charge is 2.30. The van der Waals surface area contributed by atoms with Crippen molar-refractivity contribution in [3.8, 4) is 33.9 Å². The molecule has 1 amide bonds. The fraction of sp³-hybridized carbons (Fsp3) is 0.167. The second-order valence-electron chi connectivity index (χ2n) is 7.31. The van der Waals surface area contributed by atoms with Crippen LogP contribution >= 0.6 is 0 Å². The highest BCUT2D eigenvalue weighted by Crippen LogP contribution is 2.37. The molecule has 1 N–H and O–H groups in total. The lowest BCUT2D eigenvalue weighted by molar-refractivity contribution is -0.137. The van der Waals surface area contributed by atoms with E-state index < -0.39 is 11.7 Å². The van der Waals surface area contributed by atoms with Crippen LogP contribution in [-0.2, 0) is 11.0 Å². The molecule has 2 aromatic carbocycles. The molecule has 0 fully saturated rings. The van der Waals surface area contributed by atoms with Crippen LogP contribution in [0.5, 0.6) is 11.5 Å². The normalized spacial score (nSPS) is 11.5. The van der Waals surface area contributed by atoms with Gasteiger partial charge < -0.3 is 14.8 Å². The number of amides is 1. The van der Waals surface area contributed by atoms with E-state index in [4.69, 9.17) is 9.47 Å². The summed E-state index contributed by atoms with van der Waals surface area (Å²) in [5, 5.41) is 2.75. The number of nitrogens with zero attached hydrogens (tertiary/aromatic N) is 2. The Bertz CT molecular complexity index is 1350. The quantitative estimate of drug-likeness (QED) is 0.422. The first-order valence-corrected chi connectivity index (χ1v) is 9.90. The van der Waals surface area contributed by atoms with E-state index in [0.29, 0.717) is 45.2 Å². The zero-order valence-electron chi connectivity index (χ0n) is 18.0. The number of ether oxygens (including phenoxy) is 2. The molecule has 0 atom stereocenters. The summed E-state index contributed by atoms with van der Waals surface area (Å²) >= 11 is 0. The maximum absolute atomic E-state index is 13.3. The average Bonchev–Trinajstić information content (AvgIpc) is 3.22. The minimum Gasteiger partial charge on any atom is -0.497 e. The first-order valence-electron chi connectivity index (χ1n) is 9.90. The van der Waals surface area contributed by atoms with E-state index in [0.717, 1.165) is 12.1 Å². The van der Waals surface area contributed by atoms with Gasteiger partial charge in [0, 0.05) is 35.9 Å². The van der Waals surface area contributed by atoms with Crippen LogP contribution in [0.2, 0.25) is 0 Å². The number of imidazole rings is 1. The van der Waals surface area contributed by atoms with Crippen molar-refractivity contribution < 1.29 is 27.4 Å². The number of anilines is 1. The van der Waals surface area contributed by atoms with Crippen LogP contribution in [0.25, 0.3) is 28.0 Å². The van der Waals surface area contributed by atoms with Gasteiger partial charge in [0.1, 0.15) is 11.5 Å². The van der Waals surface area contributed by atoms with Crippen molar-refractivity contribution in [2.75, 3.05) is 19.5 Å². The van der Waals surface area contributed by atoms with Gasteiger partial charge in [-0.25, -0.2) is 4.98 Å². The smallest absolute Gasteiger partial charge is 0.416 e. The van der Waals surface area contributed by atoms with Crippen molar-refractivity contribution in [3.05, 3.63) is 66.5 Å². The predicted molar refractivity (Wildman–Crippen MR) is 118 cm³/mol. The number of hydrogen-bond acceptors (Lipinski definition) is 4. The number of halogens is 3. The predicted octanol–water partition coefficient (Wildman–Crippen LogP) is 5.66. The lowest BCUT2D eigenvalue weighted by atomic mass is 10.0. The van der Waals surface area contributed by atoms with Gasteiger partial charge in [-0.3, -0.25) is 9.20 Å². The van der Waals surface area contributed by atoms with Gasteiger partial charge in [-0.05, 0) is 30.3 Å². The first kappa shape index (κ1) is 22.2. The van der Waals surface area contributed by atoms with Crippen molar-refractivity contribution >= 4 is 17.2 Å². The minimum atomic E-state index is -4.47. The molecular formula is C24H20F3N3O3. The number of rotatable bonds is 5. The van der Waals surface area contributed by atoms with Gasteiger partial charge in [0.15, 0.2) is 5.65 Å². The van der Waals surface area contributed by atoms with Crippen LogP contribution in [0.15, 0.2) is 60.9 Å². The summed E-state index contributed by atoms with van der Waals surface area (Å²) in [6.07, 6.45) is -1.25. The van der Waals surface area contributed by atoms with Crippen LogP contribution in [0.3, 0.4) is 0 Å². The van der Waals surface area contributed by atoms with Crippen LogP contribution in [0.1, 0.15) is 12.5 Å². The molecule has 0 saturated heterocycles. The van der Waals surface area contributed by atoms with Crippen LogP contribution in [-0.4, -0.2) is 29.5 Å². The maximum atomic E-state index is 13.3. The van der Waals surface area contributed by atoms with Gasteiger partial charge in [0.2, 0.25) is 5.91 Å². The summed E-state index contributed by atoms with van der Waals surface area (Å²) in [5.74, 6) is 0.827. The van der Waals surface area contributed by atoms with Crippen LogP contribution in [0, 0.1) is 0 Å². The Morgan fingerprint density at radius 1 is 1.03 bits per heavy atom. The number of fused-ring (bicyclic) bond motifs is 1. The Labute approximate surface area is 187 Å². The van der Waals surface area contributed by atoms with Gasteiger partial charge in [0.05, 0.1) is 37.4 Å². The third-order valence-corrected chi connectivity index (χ3v) is 5.12. The van der Waals surface area contributed by atoms with Gasteiger partial charge >= 0.3 is 6.18 Å². The number of benzene rings is 2. The largest absolute Gasteiger partial charge is 0.497 e. The number of aromatic nitrogens is 2. The van der Waals surface area contributed by atoms with Crippen molar-refractivity contribution in [1.29, 1.82) is 0 Å². The van der Waals surface area contributed by atoms with Gasteiger partial charge in [-0.2, -0.15) is 13.2 Å². The Morgan fingerprint density at radius 2 is 1.82 bits per heavy atom. The Kier molecular flexibility index (Phi) is 5.71. The monoisotopic (exact) mass is 455 g/mol. The zero-order valence-corrected chi connectivity index (χ0v) is 18.0. The molecule has 2 heterocycles. The molecule has 0 radical (unpaired) electrons. The molecule has 0 unspecified atom stereocenters. The minimum absolute atomic E-state index is 0.306. The average molecular weight is 455 g/mol. The summed E-state index contributed by atoms with van der Waals surface area (Å²) in [6.45, 7) is 1.37. The lowest BCUT2D eigenvalue weighted by Crippen LogP contribution is -2.08. The molecule has 4 rings (SSSR count). The molecule has 0 aliphatic rings. The van der Waals surface area contributed by atoms with E-state index in [1.807, 2.05) is 0 Å². The van der Waals surface area contributed by atoms with E-state index >= 15 is 0 Å². The fourth-order valence-electron chi connectivity index (χ4n) is 3.62. The summed E-state index contributed by atoms with van der Waals surface area (Å²) < 4.78 is 52.2. The molecule has 4 aromatic rings. The van der Waals surface area contributed by atoms with Crippen molar-refractivity contribution in [2.45, 2.75) is 13.1 Å². The summed E-state index contributed by atoms with van der Waals surface area (Å²) in [4.78, 5) is 16.2. The van der Waals surface area contributed by atoms with Gasteiger partial charge in [-0.1, -0.05) is 12.1 Å². The van der Waals surface area contributed by atoms with E-state index in [-0.39, 0.29) is 5.91 Å². The van der Waals surface area contributed by atoms with Gasteiger partial charge in [-0.15, -0.1) is 0 Å². The SMILES string of the molecule is COc1ccc(-c2cc(NC(C)=O)c3ncc(-c4cccc(C(F)(F)F)c4)n3c2)c(OC)c1. The second kappa shape index (κ2) is 8.50.